The van der Waals surface area contributed by atoms with E-state index in [1.165, 1.54) is 7.11 Å². The number of carbonyl (C=O) groups excluding carboxylic acids is 2. The number of methoxy groups -OCH3 is 1. The molecule has 1 saturated carbocycles. The van der Waals surface area contributed by atoms with Gasteiger partial charge in [-0.15, -0.1) is 0 Å². The number of carbonyl (C=O) groups is 2. The SMILES string of the molecule is COCC(O)[C@H]1OC(=O)[C@@H](O)C[C@H]2C=C[C@H]3[C@H]4O[C@]2(/C(C)=C/[C@H]1C)[C@@H]3[C@H](O)[C@@H](C)[C@H]4OC(=O)c1ccc[nH]1. The standard InChI is InChI=1S/C28H37NO9/c1-13-10-14(2)28-16(11-19(30)27(34)36-23(13)20(31)12-35-4)7-8-17-21(28)22(32)15(3)24(25(17)38-28)37-26(33)18-6-5-9-29-18/h5-10,13,15-17,19-25,29-32H,11-12H2,1-4H3/b14-10+/t13-,15-,16-,17-,19+,20?,21+,22-,23+,24-,25-,28+/m1/s1. The number of ether oxygens (including phenoxy) is 4. The van der Waals surface area contributed by atoms with Gasteiger partial charge >= 0.3 is 11.9 Å². The van der Waals surface area contributed by atoms with Gasteiger partial charge in [0.1, 0.15) is 35.7 Å². The van der Waals surface area contributed by atoms with Crippen molar-refractivity contribution in [2.24, 2.45) is 29.6 Å². The van der Waals surface area contributed by atoms with E-state index in [-0.39, 0.29) is 24.9 Å². The number of aliphatic hydroxyl groups excluding tert-OH is 3. The van der Waals surface area contributed by atoms with Crippen LogP contribution < -0.4 is 0 Å². The molecule has 0 amide bonds. The van der Waals surface area contributed by atoms with Gasteiger partial charge in [-0.05, 0) is 31.1 Å². The molecule has 5 rings (SSSR count). The molecule has 1 aromatic heterocycles. The highest BCUT2D eigenvalue weighted by molar-refractivity contribution is 5.87. The zero-order valence-electron chi connectivity index (χ0n) is 22.0. The summed E-state index contributed by atoms with van der Waals surface area (Å²) in [4.78, 5) is 28.6. The van der Waals surface area contributed by atoms with Gasteiger partial charge in [-0.3, -0.25) is 0 Å². The van der Waals surface area contributed by atoms with Crippen LogP contribution in [0.4, 0.5) is 0 Å². The number of esters is 2. The average Bonchev–Trinajstić information content (AvgIpc) is 3.48. The lowest BCUT2D eigenvalue weighted by Gasteiger charge is -2.48. The summed E-state index contributed by atoms with van der Waals surface area (Å²) in [6, 6.07) is 3.34. The van der Waals surface area contributed by atoms with Crippen LogP contribution in [0.25, 0.3) is 0 Å². The highest BCUT2D eigenvalue weighted by atomic mass is 16.6. The molecule has 4 aliphatic rings. The Morgan fingerprint density at radius 1 is 1.29 bits per heavy atom. The zero-order valence-corrected chi connectivity index (χ0v) is 22.0. The first kappa shape index (κ1) is 27.1. The molecule has 208 valence electrons. The second-order valence-corrected chi connectivity index (χ2v) is 11.2. The number of aromatic nitrogens is 1. The van der Waals surface area contributed by atoms with Gasteiger partial charge in [0, 0.05) is 42.9 Å². The third-order valence-corrected chi connectivity index (χ3v) is 8.91. The van der Waals surface area contributed by atoms with Gasteiger partial charge in [0.15, 0.2) is 6.10 Å². The Morgan fingerprint density at radius 2 is 2.05 bits per heavy atom. The molecule has 10 heteroatoms. The van der Waals surface area contributed by atoms with Gasteiger partial charge < -0.3 is 39.3 Å². The van der Waals surface area contributed by atoms with Crippen molar-refractivity contribution in [3.05, 3.63) is 47.8 Å². The number of nitrogens with one attached hydrogen (secondary N) is 1. The third-order valence-electron chi connectivity index (χ3n) is 8.91. The Kier molecular flexibility index (Phi) is 7.30. The predicted molar refractivity (Wildman–Crippen MR) is 134 cm³/mol. The maximum absolute atomic E-state index is 12.9. The monoisotopic (exact) mass is 531 g/mol. The van der Waals surface area contributed by atoms with Crippen molar-refractivity contribution in [3.63, 3.8) is 0 Å². The number of cyclic esters (lactones) is 1. The summed E-state index contributed by atoms with van der Waals surface area (Å²) in [5, 5.41) is 33.2. The van der Waals surface area contributed by atoms with Crippen molar-refractivity contribution in [3.8, 4) is 0 Å². The molecule has 2 aliphatic carbocycles. The number of H-pyrrole nitrogens is 1. The first-order valence-corrected chi connectivity index (χ1v) is 13.2. The highest BCUT2D eigenvalue weighted by Crippen LogP contribution is 2.61. The number of hydrogen-bond donors (Lipinski definition) is 4. The van der Waals surface area contributed by atoms with E-state index in [1.807, 2.05) is 39.0 Å². The Labute approximate surface area is 221 Å². The molecule has 1 spiro atoms. The second-order valence-electron chi connectivity index (χ2n) is 11.2. The maximum atomic E-state index is 12.9. The Bertz CT molecular complexity index is 1100. The van der Waals surface area contributed by atoms with Gasteiger partial charge in [-0.1, -0.05) is 32.1 Å². The zero-order chi connectivity index (χ0) is 27.4. The minimum absolute atomic E-state index is 0.00591. The number of aliphatic hydroxyl groups is 3. The van der Waals surface area contributed by atoms with E-state index in [0.29, 0.717) is 5.69 Å². The molecule has 2 aliphatic heterocycles. The molecule has 0 radical (unpaired) electrons. The van der Waals surface area contributed by atoms with Crippen LogP contribution in [0.3, 0.4) is 0 Å². The molecule has 0 aromatic carbocycles. The Balaban J connectivity index is 1.55. The van der Waals surface area contributed by atoms with Crippen LogP contribution in [0, 0.1) is 29.6 Å². The molecule has 38 heavy (non-hydrogen) atoms. The lowest BCUT2D eigenvalue weighted by Crippen LogP contribution is -2.57. The molecule has 3 heterocycles. The third kappa shape index (κ3) is 4.23. The highest BCUT2D eigenvalue weighted by Gasteiger charge is 2.69. The van der Waals surface area contributed by atoms with Crippen molar-refractivity contribution >= 4 is 11.9 Å². The van der Waals surface area contributed by atoms with E-state index in [1.54, 1.807) is 18.3 Å². The summed E-state index contributed by atoms with van der Waals surface area (Å²) < 4.78 is 23.4. The van der Waals surface area contributed by atoms with Crippen LogP contribution in [-0.4, -0.2) is 88.2 Å². The minimum atomic E-state index is -1.46. The van der Waals surface area contributed by atoms with Gasteiger partial charge in [-0.2, -0.15) is 0 Å². The molecule has 10 nitrogen and oxygen atoms in total. The van der Waals surface area contributed by atoms with E-state index in [9.17, 15) is 24.9 Å². The van der Waals surface area contributed by atoms with E-state index in [0.717, 1.165) is 5.57 Å². The summed E-state index contributed by atoms with van der Waals surface area (Å²) in [6.07, 6.45) is 1.81. The fourth-order valence-electron chi connectivity index (χ4n) is 7.12. The lowest BCUT2D eigenvalue weighted by atomic mass is 9.57. The predicted octanol–water partition coefficient (Wildman–Crippen LogP) is 1.37. The van der Waals surface area contributed by atoms with E-state index in [2.05, 4.69) is 4.98 Å². The molecule has 1 saturated heterocycles. The smallest absolute Gasteiger partial charge is 0.355 e. The van der Waals surface area contributed by atoms with Crippen molar-refractivity contribution in [1.82, 2.24) is 4.98 Å². The van der Waals surface area contributed by atoms with Crippen molar-refractivity contribution in [1.29, 1.82) is 0 Å². The van der Waals surface area contributed by atoms with Crippen LogP contribution in [0.2, 0.25) is 0 Å². The first-order valence-electron chi connectivity index (χ1n) is 13.2. The van der Waals surface area contributed by atoms with E-state index < -0.39 is 71.9 Å². The number of hydrogen-bond acceptors (Lipinski definition) is 9. The lowest BCUT2D eigenvalue weighted by molar-refractivity contribution is -0.172. The summed E-state index contributed by atoms with van der Waals surface area (Å²) in [5.41, 5.74) is 0.0704. The van der Waals surface area contributed by atoms with E-state index >= 15 is 0 Å². The van der Waals surface area contributed by atoms with E-state index in [4.69, 9.17) is 18.9 Å². The summed E-state index contributed by atoms with van der Waals surface area (Å²) in [6.45, 7) is 5.53. The number of aromatic amines is 1. The topological polar surface area (TPSA) is 148 Å². The molecule has 12 atom stereocenters. The second kappa shape index (κ2) is 10.2. The normalized spacial score (nSPS) is 44.4. The first-order chi connectivity index (χ1) is 18.1. The summed E-state index contributed by atoms with van der Waals surface area (Å²) in [5.74, 6) is -3.29. The van der Waals surface area contributed by atoms with Crippen molar-refractivity contribution in [2.45, 2.75) is 69.4 Å². The van der Waals surface area contributed by atoms with Crippen LogP contribution in [0.15, 0.2) is 42.1 Å². The van der Waals surface area contributed by atoms with Crippen LogP contribution >= 0.6 is 0 Å². The maximum Gasteiger partial charge on any atom is 0.355 e. The van der Waals surface area contributed by atoms with Gasteiger partial charge in [0.2, 0.25) is 0 Å². The summed E-state index contributed by atoms with van der Waals surface area (Å²) >= 11 is 0. The van der Waals surface area contributed by atoms with Gasteiger partial charge in [-0.25, -0.2) is 9.59 Å². The van der Waals surface area contributed by atoms with Crippen molar-refractivity contribution < 1.29 is 43.9 Å². The van der Waals surface area contributed by atoms with Crippen molar-refractivity contribution in [2.75, 3.05) is 13.7 Å². The molecular weight excluding hydrogens is 494 g/mol. The average molecular weight is 532 g/mol. The summed E-state index contributed by atoms with van der Waals surface area (Å²) in [7, 11) is 1.44. The fraction of sp³-hybridized carbons (Fsp3) is 0.643. The molecule has 4 N–H and O–H groups in total. The molecule has 1 aromatic rings. The number of rotatable bonds is 5. The minimum Gasteiger partial charge on any atom is -0.457 e. The molecule has 1 unspecified atom stereocenters. The molecule has 4 bridgehead atoms. The molecular formula is C28H37NO9. The van der Waals surface area contributed by atoms with Gasteiger partial charge in [0.25, 0.3) is 0 Å². The van der Waals surface area contributed by atoms with Crippen LogP contribution in [-0.2, 0) is 23.7 Å². The Hall–Kier alpha value is -2.50. The largest absolute Gasteiger partial charge is 0.457 e. The van der Waals surface area contributed by atoms with Gasteiger partial charge in [0.05, 0.1) is 12.7 Å². The fourth-order valence-corrected chi connectivity index (χ4v) is 7.12. The van der Waals surface area contributed by atoms with Crippen LogP contribution in [0.5, 0.6) is 0 Å². The molecule has 2 fully saturated rings. The Morgan fingerprint density at radius 3 is 2.74 bits per heavy atom. The van der Waals surface area contributed by atoms with Crippen LogP contribution in [0.1, 0.15) is 37.7 Å². The quantitative estimate of drug-likeness (QED) is 0.327.